The molecule has 0 saturated carbocycles. The van der Waals surface area contributed by atoms with Crippen LogP contribution in [0.4, 0.5) is 14.9 Å². The predicted octanol–water partition coefficient (Wildman–Crippen LogP) is 3.87. The van der Waals surface area contributed by atoms with E-state index in [2.05, 4.69) is 21.6 Å². The number of halogens is 1. The van der Waals surface area contributed by atoms with Gasteiger partial charge in [-0.25, -0.2) is 9.18 Å². The van der Waals surface area contributed by atoms with Gasteiger partial charge < -0.3 is 10.6 Å². The van der Waals surface area contributed by atoms with Crippen molar-refractivity contribution in [3.8, 4) is 6.07 Å². The van der Waals surface area contributed by atoms with Crippen LogP contribution < -0.4 is 10.6 Å². The Morgan fingerprint density at radius 2 is 2.04 bits per heavy atom. The van der Waals surface area contributed by atoms with Crippen LogP contribution in [0.25, 0.3) is 0 Å². The molecule has 1 saturated heterocycles. The van der Waals surface area contributed by atoms with Crippen LogP contribution in [0, 0.1) is 17.1 Å². The van der Waals surface area contributed by atoms with Crippen LogP contribution in [0.15, 0.2) is 48.5 Å². The Bertz CT molecular complexity index is 819. The number of hydrogen-bond acceptors (Lipinski definition) is 3. The van der Waals surface area contributed by atoms with Gasteiger partial charge in [0, 0.05) is 30.4 Å². The van der Waals surface area contributed by atoms with Crippen LogP contribution in [0.5, 0.6) is 0 Å². The van der Waals surface area contributed by atoms with Gasteiger partial charge in [-0.2, -0.15) is 5.26 Å². The average molecular weight is 366 g/mol. The summed E-state index contributed by atoms with van der Waals surface area (Å²) in [6.07, 6.45) is 3.08. The summed E-state index contributed by atoms with van der Waals surface area (Å²) in [5, 5.41) is 14.8. The first-order valence-electron chi connectivity index (χ1n) is 9.18. The van der Waals surface area contributed by atoms with Crippen molar-refractivity contribution in [1.82, 2.24) is 10.2 Å². The molecule has 0 spiro atoms. The topological polar surface area (TPSA) is 68.2 Å². The first kappa shape index (κ1) is 18.9. The van der Waals surface area contributed by atoms with E-state index >= 15 is 0 Å². The highest BCUT2D eigenvalue weighted by Crippen LogP contribution is 2.21. The molecule has 0 radical (unpaired) electrons. The zero-order valence-corrected chi connectivity index (χ0v) is 15.1. The van der Waals surface area contributed by atoms with Gasteiger partial charge in [0.1, 0.15) is 5.82 Å². The zero-order chi connectivity index (χ0) is 19.1. The van der Waals surface area contributed by atoms with Crippen molar-refractivity contribution in [2.24, 2.45) is 0 Å². The van der Waals surface area contributed by atoms with Crippen LogP contribution in [-0.2, 0) is 6.54 Å². The maximum atomic E-state index is 14.1. The van der Waals surface area contributed by atoms with E-state index in [0.717, 1.165) is 31.5 Å². The Balaban J connectivity index is 1.59. The minimum absolute atomic E-state index is 0.144. The minimum Gasteiger partial charge on any atom is -0.336 e. The fourth-order valence-electron chi connectivity index (χ4n) is 3.39. The highest BCUT2D eigenvalue weighted by Gasteiger charge is 2.24. The third-order valence-electron chi connectivity index (χ3n) is 4.83. The van der Waals surface area contributed by atoms with Crippen molar-refractivity contribution in [1.29, 1.82) is 5.26 Å². The number of para-hydroxylation sites is 1. The Morgan fingerprint density at radius 3 is 2.81 bits per heavy atom. The summed E-state index contributed by atoms with van der Waals surface area (Å²) in [5.74, 6) is -0.298. The van der Waals surface area contributed by atoms with Crippen molar-refractivity contribution < 1.29 is 9.18 Å². The van der Waals surface area contributed by atoms with E-state index in [-0.39, 0.29) is 17.9 Å². The molecule has 0 aliphatic carbocycles. The Hall–Kier alpha value is -2.91. The third kappa shape index (κ3) is 5.28. The van der Waals surface area contributed by atoms with E-state index in [1.165, 1.54) is 12.1 Å². The summed E-state index contributed by atoms with van der Waals surface area (Å²) in [4.78, 5) is 14.3. The predicted molar refractivity (Wildman–Crippen MR) is 103 cm³/mol. The molecule has 1 aliphatic heterocycles. The number of urea groups is 1. The summed E-state index contributed by atoms with van der Waals surface area (Å²) in [7, 11) is 0. The lowest BCUT2D eigenvalue weighted by molar-refractivity contribution is 0.137. The van der Waals surface area contributed by atoms with Crippen LogP contribution in [-0.4, -0.2) is 30.1 Å². The van der Waals surface area contributed by atoms with Gasteiger partial charge in [-0.15, -0.1) is 0 Å². The summed E-state index contributed by atoms with van der Waals surface area (Å²) in [5.41, 5.74) is 1.72. The first-order chi connectivity index (χ1) is 13.2. The van der Waals surface area contributed by atoms with Gasteiger partial charge in [-0.3, -0.25) is 4.90 Å². The average Bonchev–Trinajstić information content (AvgIpc) is 2.70. The molecule has 0 unspecified atom stereocenters. The number of piperidine rings is 1. The molecule has 2 aromatic rings. The molecule has 3 rings (SSSR count). The normalized spacial score (nSPS) is 17.1. The summed E-state index contributed by atoms with van der Waals surface area (Å²) < 4.78 is 14.1. The molecule has 1 fully saturated rings. The number of nitrogens with one attached hydrogen (secondary N) is 2. The summed E-state index contributed by atoms with van der Waals surface area (Å²) >= 11 is 0. The second-order valence-electron chi connectivity index (χ2n) is 6.74. The van der Waals surface area contributed by atoms with E-state index < -0.39 is 0 Å². The third-order valence-corrected chi connectivity index (χ3v) is 4.83. The number of likely N-dealkylation sites (tertiary alicyclic amines) is 1. The highest BCUT2D eigenvalue weighted by atomic mass is 19.1. The number of rotatable bonds is 5. The Kier molecular flexibility index (Phi) is 6.39. The van der Waals surface area contributed by atoms with Crippen LogP contribution in [0.3, 0.4) is 0 Å². The molecule has 0 aromatic heterocycles. The molecular formula is C21H23FN4O. The molecule has 1 heterocycles. The number of nitrogens with zero attached hydrogens (tertiary/aromatic N) is 2. The van der Waals surface area contributed by atoms with Crippen molar-refractivity contribution >= 4 is 11.7 Å². The van der Waals surface area contributed by atoms with Gasteiger partial charge in [-0.1, -0.05) is 24.6 Å². The number of nitriles is 1. The molecular weight excluding hydrogens is 343 g/mol. The van der Waals surface area contributed by atoms with Gasteiger partial charge in [0.25, 0.3) is 0 Å². The number of carbonyl (C=O) groups is 1. The van der Waals surface area contributed by atoms with Crippen LogP contribution >= 0.6 is 0 Å². The molecule has 140 valence electrons. The first-order valence-corrected chi connectivity index (χ1v) is 9.18. The highest BCUT2D eigenvalue weighted by molar-refractivity contribution is 5.89. The summed E-state index contributed by atoms with van der Waals surface area (Å²) in [6.45, 7) is 1.79. The van der Waals surface area contributed by atoms with E-state index in [9.17, 15) is 9.18 Å². The van der Waals surface area contributed by atoms with Crippen molar-refractivity contribution in [2.45, 2.75) is 31.8 Å². The number of carbonyl (C=O) groups excluding carboxylic acids is 1. The molecule has 6 heteroatoms. The molecule has 5 nitrogen and oxygen atoms in total. The van der Waals surface area contributed by atoms with Gasteiger partial charge in [0.15, 0.2) is 0 Å². The fourth-order valence-corrected chi connectivity index (χ4v) is 3.39. The number of amides is 2. The van der Waals surface area contributed by atoms with Crippen LogP contribution in [0.1, 0.15) is 30.4 Å². The smallest absolute Gasteiger partial charge is 0.319 e. The molecule has 27 heavy (non-hydrogen) atoms. The summed E-state index contributed by atoms with van der Waals surface area (Å²) in [6, 6.07) is 15.7. The van der Waals surface area contributed by atoms with Crippen molar-refractivity contribution in [2.75, 3.05) is 18.4 Å². The van der Waals surface area contributed by atoms with E-state index in [1.807, 2.05) is 30.3 Å². The number of benzene rings is 2. The quantitative estimate of drug-likeness (QED) is 0.844. The molecule has 1 atom stereocenters. The van der Waals surface area contributed by atoms with E-state index in [1.54, 1.807) is 6.07 Å². The van der Waals surface area contributed by atoms with Crippen LogP contribution in [0.2, 0.25) is 0 Å². The molecule has 2 aromatic carbocycles. The lowest BCUT2D eigenvalue weighted by Crippen LogP contribution is -2.47. The molecule has 2 amide bonds. The monoisotopic (exact) mass is 366 g/mol. The molecule has 0 bridgehead atoms. The Labute approximate surface area is 158 Å². The van der Waals surface area contributed by atoms with Gasteiger partial charge in [-0.05, 0) is 49.7 Å². The number of hydrogen-bond donors (Lipinski definition) is 2. The Morgan fingerprint density at radius 1 is 1.22 bits per heavy atom. The molecule has 2 N–H and O–H groups in total. The SMILES string of the molecule is N#Cc1ccc(F)c(CN2CCCC[C@H]2CNC(=O)Nc2ccccc2)c1. The lowest BCUT2D eigenvalue weighted by atomic mass is 10.0. The second kappa shape index (κ2) is 9.15. The fraction of sp³-hybridized carbons (Fsp3) is 0.333. The van der Waals surface area contributed by atoms with Gasteiger partial charge >= 0.3 is 6.03 Å². The number of anilines is 1. The minimum atomic E-state index is -0.298. The van der Waals surface area contributed by atoms with E-state index in [0.29, 0.717) is 24.2 Å². The lowest BCUT2D eigenvalue weighted by Gasteiger charge is -2.36. The maximum Gasteiger partial charge on any atom is 0.319 e. The standard InChI is InChI=1S/C21H23FN4O/c22-20-10-9-16(13-23)12-17(20)15-26-11-5-4-8-19(26)14-24-21(27)25-18-6-2-1-3-7-18/h1-3,6-7,9-10,12,19H,4-5,8,11,14-15H2,(H2,24,25,27)/t19-/m0/s1. The van der Waals surface area contributed by atoms with Crippen molar-refractivity contribution in [3.05, 3.63) is 65.5 Å². The zero-order valence-electron chi connectivity index (χ0n) is 15.1. The second-order valence-corrected chi connectivity index (χ2v) is 6.74. The van der Waals surface area contributed by atoms with Crippen molar-refractivity contribution in [3.63, 3.8) is 0 Å². The van der Waals surface area contributed by atoms with E-state index in [4.69, 9.17) is 5.26 Å². The molecule has 1 aliphatic rings. The maximum absolute atomic E-state index is 14.1. The largest absolute Gasteiger partial charge is 0.336 e. The van der Waals surface area contributed by atoms with Gasteiger partial charge in [0.2, 0.25) is 0 Å². The van der Waals surface area contributed by atoms with Gasteiger partial charge in [0.05, 0.1) is 11.6 Å².